The maximum Gasteiger partial charge on any atom is 0.123 e. The quantitative estimate of drug-likeness (QED) is 0.935. The summed E-state index contributed by atoms with van der Waals surface area (Å²) in [4.78, 5) is 0. The molecule has 2 atom stereocenters. The van der Waals surface area contributed by atoms with Crippen LogP contribution in [0.4, 0.5) is 4.39 Å². The van der Waals surface area contributed by atoms with Crippen LogP contribution in [0.5, 0.6) is 11.5 Å². The minimum absolute atomic E-state index is 0.205. The van der Waals surface area contributed by atoms with E-state index in [4.69, 9.17) is 15.2 Å². The van der Waals surface area contributed by atoms with Crippen molar-refractivity contribution in [3.63, 3.8) is 0 Å². The first-order chi connectivity index (χ1) is 9.69. The molecule has 4 heteroatoms. The van der Waals surface area contributed by atoms with Crippen molar-refractivity contribution in [1.29, 1.82) is 0 Å². The smallest absolute Gasteiger partial charge is 0.123 e. The second-order valence-corrected chi connectivity index (χ2v) is 4.88. The van der Waals surface area contributed by atoms with Crippen molar-refractivity contribution in [3.05, 3.63) is 59.4 Å². The normalized spacial score (nSPS) is 18.2. The number of hydrogen-bond donors (Lipinski definition) is 1. The van der Waals surface area contributed by atoms with E-state index >= 15 is 0 Å². The molecule has 0 aromatic heterocycles. The van der Waals surface area contributed by atoms with Crippen LogP contribution in [0.15, 0.2) is 42.5 Å². The van der Waals surface area contributed by atoms with Crippen molar-refractivity contribution in [2.75, 3.05) is 7.11 Å². The molecule has 3 nitrogen and oxygen atoms in total. The van der Waals surface area contributed by atoms with Gasteiger partial charge in [-0.15, -0.1) is 0 Å². The summed E-state index contributed by atoms with van der Waals surface area (Å²) in [5, 5.41) is 0. The summed E-state index contributed by atoms with van der Waals surface area (Å²) in [6.07, 6.45) is 0.514. The van der Waals surface area contributed by atoms with Crippen LogP contribution in [0.2, 0.25) is 0 Å². The van der Waals surface area contributed by atoms with Gasteiger partial charge in [0.1, 0.15) is 23.4 Å². The number of benzene rings is 2. The Kier molecular flexibility index (Phi) is 3.32. The van der Waals surface area contributed by atoms with Gasteiger partial charge in [-0.1, -0.05) is 18.2 Å². The Balaban J connectivity index is 1.88. The Morgan fingerprint density at radius 3 is 2.85 bits per heavy atom. The fraction of sp³-hybridized carbons (Fsp3) is 0.250. The molecule has 1 aliphatic rings. The van der Waals surface area contributed by atoms with Crippen molar-refractivity contribution in [3.8, 4) is 11.5 Å². The van der Waals surface area contributed by atoms with Crippen molar-refractivity contribution in [2.24, 2.45) is 5.73 Å². The number of hydrogen-bond acceptors (Lipinski definition) is 3. The third-order valence-electron chi connectivity index (χ3n) is 3.62. The molecule has 0 saturated heterocycles. The molecule has 2 aromatic rings. The molecule has 0 amide bonds. The summed E-state index contributed by atoms with van der Waals surface area (Å²) in [7, 11) is 1.55. The summed E-state index contributed by atoms with van der Waals surface area (Å²) >= 11 is 0. The lowest BCUT2D eigenvalue weighted by molar-refractivity contribution is 0.197. The largest absolute Gasteiger partial charge is 0.496 e. The molecule has 1 aliphatic heterocycles. The van der Waals surface area contributed by atoms with E-state index in [0.29, 0.717) is 11.3 Å². The van der Waals surface area contributed by atoms with Gasteiger partial charge < -0.3 is 15.2 Å². The SMILES string of the molecule is COc1ccc(F)cc1C(N)C1Cc2ccccc2O1. The number of fused-ring (bicyclic) bond motifs is 1. The van der Waals surface area contributed by atoms with E-state index in [1.165, 1.54) is 12.1 Å². The molecule has 0 fully saturated rings. The first-order valence-electron chi connectivity index (χ1n) is 6.52. The van der Waals surface area contributed by atoms with Gasteiger partial charge in [0.05, 0.1) is 13.2 Å². The molecule has 0 saturated carbocycles. The molecule has 3 rings (SSSR count). The Morgan fingerprint density at radius 2 is 2.10 bits per heavy atom. The molecule has 1 heterocycles. The highest BCUT2D eigenvalue weighted by Crippen LogP contribution is 2.35. The van der Waals surface area contributed by atoms with E-state index in [9.17, 15) is 4.39 Å². The molecule has 0 aliphatic carbocycles. The fourth-order valence-electron chi connectivity index (χ4n) is 2.58. The number of para-hydroxylation sites is 1. The van der Waals surface area contributed by atoms with Gasteiger partial charge in [0, 0.05) is 12.0 Å². The first-order valence-corrected chi connectivity index (χ1v) is 6.52. The maximum atomic E-state index is 13.4. The van der Waals surface area contributed by atoms with E-state index in [1.807, 2.05) is 24.3 Å². The molecule has 2 aromatic carbocycles. The molecule has 104 valence electrons. The van der Waals surface area contributed by atoms with Gasteiger partial charge >= 0.3 is 0 Å². The monoisotopic (exact) mass is 273 g/mol. The third-order valence-corrected chi connectivity index (χ3v) is 3.62. The highest BCUT2D eigenvalue weighted by Gasteiger charge is 2.30. The molecule has 0 spiro atoms. The minimum Gasteiger partial charge on any atom is -0.496 e. The van der Waals surface area contributed by atoms with Crippen molar-refractivity contribution in [2.45, 2.75) is 18.6 Å². The van der Waals surface area contributed by atoms with Gasteiger partial charge in [0.15, 0.2) is 0 Å². The Bertz CT molecular complexity index is 605. The van der Waals surface area contributed by atoms with Crippen LogP contribution in [0.1, 0.15) is 17.2 Å². The fourth-order valence-corrected chi connectivity index (χ4v) is 2.58. The van der Waals surface area contributed by atoms with Crippen LogP contribution in [0, 0.1) is 5.82 Å². The molecule has 0 radical (unpaired) electrons. The van der Waals surface area contributed by atoms with E-state index in [1.54, 1.807) is 13.2 Å². The van der Waals surface area contributed by atoms with Gasteiger partial charge in [0.2, 0.25) is 0 Å². The van der Waals surface area contributed by atoms with E-state index in [-0.39, 0.29) is 11.9 Å². The Hall–Kier alpha value is -2.07. The van der Waals surface area contributed by atoms with Crippen LogP contribution >= 0.6 is 0 Å². The number of rotatable bonds is 3. The first kappa shape index (κ1) is 12.9. The highest BCUT2D eigenvalue weighted by molar-refractivity contribution is 5.41. The van der Waals surface area contributed by atoms with Gasteiger partial charge in [0.25, 0.3) is 0 Å². The second-order valence-electron chi connectivity index (χ2n) is 4.88. The predicted molar refractivity (Wildman–Crippen MR) is 74.4 cm³/mol. The Morgan fingerprint density at radius 1 is 1.30 bits per heavy atom. The lowest BCUT2D eigenvalue weighted by Crippen LogP contribution is -2.30. The zero-order chi connectivity index (χ0) is 14.1. The Labute approximate surface area is 117 Å². The van der Waals surface area contributed by atoms with Crippen LogP contribution in [-0.4, -0.2) is 13.2 Å². The van der Waals surface area contributed by atoms with Gasteiger partial charge in [-0.25, -0.2) is 4.39 Å². The molecule has 20 heavy (non-hydrogen) atoms. The van der Waals surface area contributed by atoms with Crippen LogP contribution < -0.4 is 15.2 Å². The van der Waals surface area contributed by atoms with E-state index in [2.05, 4.69) is 0 Å². The summed E-state index contributed by atoms with van der Waals surface area (Å²) in [5.41, 5.74) is 8.01. The minimum atomic E-state index is -0.437. The molecule has 2 unspecified atom stereocenters. The topological polar surface area (TPSA) is 44.5 Å². The summed E-state index contributed by atoms with van der Waals surface area (Å²) in [5.74, 6) is 1.11. The molecule has 0 bridgehead atoms. The predicted octanol–water partition coefficient (Wildman–Crippen LogP) is 2.84. The van der Waals surface area contributed by atoms with Gasteiger partial charge in [-0.05, 0) is 29.8 Å². The molecular formula is C16H16FNO2. The standard InChI is InChI=1S/C16H16FNO2/c1-19-14-7-6-11(17)9-12(14)16(18)15-8-10-4-2-3-5-13(10)20-15/h2-7,9,15-16H,8,18H2,1H3. The zero-order valence-electron chi connectivity index (χ0n) is 11.2. The number of nitrogens with two attached hydrogens (primary N) is 1. The average Bonchev–Trinajstić information content (AvgIpc) is 2.90. The van der Waals surface area contributed by atoms with E-state index in [0.717, 1.165) is 17.7 Å². The van der Waals surface area contributed by atoms with Crippen molar-refractivity contribution in [1.82, 2.24) is 0 Å². The van der Waals surface area contributed by atoms with Crippen molar-refractivity contribution >= 4 is 0 Å². The lowest BCUT2D eigenvalue weighted by atomic mass is 9.97. The van der Waals surface area contributed by atoms with Crippen LogP contribution in [0.25, 0.3) is 0 Å². The third kappa shape index (κ3) is 2.23. The lowest BCUT2D eigenvalue weighted by Gasteiger charge is -2.21. The summed E-state index contributed by atoms with van der Waals surface area (Å²) < 4.78 is 24.6. The number of methoxy groups -OCH3 is 1. The summed E-state index contributed by atoms with van der Waals surface area (Å²) in [6, 6.07) is 11.8. The average molecular weight is 273 g/mol. The highest BCUT2D eigenvalue weighted by atomic mass is 19.1. The van der Waals surface area contributed by atoms with Gasteiger partial charge in [-0.2, -0.15) is 0 Å². The van der Waals surface area contributed by atoms with Crippen LogP contribution in [0.3, 0.4) is 0 Å². The second kappa shape index (κ2) is 5.13. The molecular weight excluding hydrogens is 257 g/mol. The number of ether oxygens (including phenoxy) is 2. The zero-order valence-corrected chi connectivity index (χ0v) is 11.2. The van der Waals surface area contributed by atoms with E-state index < -0.39 is 6.04 Å². The summed E-state index contributed by atoms with van der Waals surface area (Å²) in [6.45, 7) is 0. The van der Waals surface area contributed by atoms with Crippen LogP contribution in [-0.2, 0) is 6.42 Å². The van der Waals surface area contributed by atoms with Crippen molar-refractivity contribution < 1.29 is 13.9 Å². The van der Waals surface area contributed by atoms with Gasteiger partial charge in [-0.3, -0.25) is 0 Å². The maximum absolute atomic E-state index is 13.4. The molecule has 2 N–H and O–H groups in total. The number of halogens is 1.